The normalized spacial score (nSPS) is 14.1. The van der Waals surface area contributed by atoms with Gasteiger partial charge in [-0.05, 0) is 43.2 Å². The van der Waals surface area contributed by atoms with Crippen LogP contribution in [0.3, 0.4) is 0 Å². The zero-order chi connectivity index (χ0) is 14.8. The van der Waals surface area contributed by atoms with E-state index in [2.05, 4.69) is 37.0 Å². The van der Waals surface area contributed by atoms with Gasteiger partial charge in [-0.3, -0.25) is 4.98 Å². The van der Waals surface area contributed by atoms with E-state index in [-0.39, 0.29) is 0 Å². The average Bonchev–Trinajstić information content (AvgIpc) is 2.53. The number of fused-ring (bicyclic) bond motifs is 1. The van der Waals surface area contributed by atoms with Crippen molar-refractivity contribution in [2.24, 2.45) is 0 Å². The van der Waals surface area contributed by atoms with Crippen LogP contribution in [0.2, 0.25) is 0 Å². The molecule has 3 heteroatoms. The fourth-order valence-corrected chi connectivity index (χ4v) is 2.93. The van der Waals surface area contributed by atoms with E-state index in [4.69, 9.17) is 9.72 Å². The summed E-state index contributed by atoms with van der Waals surface area (Å²) in [4.78, 5) is 9.42. The van der Waals surface area contributed by atoms with Crippen LogP contribution in [0.5, 0.6) is 5.75 Å². The first-order chi connectivity index (χ1) is 10.2. The number of nitrogens with zero attached hydrogens (tertiary/aromatic N) is 2. The van der Waals surface area contributed by atoms with Crippen molar-refractivity contribution < 1.29 is 4.74 Å². The van der Waals surface area contributed by atoms with Crippen LogP contribution in [-0.2, 0) is 12.8 Å². The number of rotatable bonds is 3. The van der Waals surface area contributed by atoms with E-state index in [0.717, 1.165) is 29.8 Å². The lowest BCUT2D eigenvalue weighted by atomic mass is 9.98. The summed E-state index contributed by atoms with van der Waals surface area (Å²) in [5.74, 6) is 1.38. The van der Waals surface area contributed by atoms with Crippen LogP contribution < -0.4 is 4.74 Å². The van der Waals surface area contributed by atoms with Gasteiger partial charge in [-0.25, -0.2) is 4.98 Å². The molecule has 21 heavy (non-hydrogen) atoms. The van der Waals surface area contributed by atoms with Gasteiger partial charge in [0.15, 0.2) is 0 Å². The van der Waals surface area contributed by atoms with Gasteiger partial charge in [-0.15, -0.1) is 0 Å². The summed E-state index contributed by atoms with van der Waals surface area (Å²) in [5.41, 5.74) is 5.61. The van der Waals surface area contributed by atoms with Crippen molar-refractivity contribution in [2.75, 3.05) is 7.11 Å². The third kappa shape index (κ3) is 2.78. The highest BCUT2D eigenvalue weighted by atomic mass is 16.5. The largest absolute Gasteiger partial charge is 0.496 e. The van der Waals surface area contributed by atoms with Gasteiger partial charge in [-0.1, -0.05) is 26.0 Å². The van der Waals surface area contributed by atoms with Crippen LogP contribution in [0.25, 0.3) is 11.3 Å². The van der Waals surface area contributed by atoms with E-state index in [9.17, 15) is 0 Å². The molecule has 1 aliphatic rings. The second kappa shape index (κ2) is 5.84. The number of ether oxygens (including phenoxy) is 1. The Labute approximate surface area is 126 Å². The Morgan fingerprint density at radius 2 is 1.86 bits per heavy atom. The Hall–Kier alpha value is -1.90. The lowest BCUT2D eigenvalue weighted by Gasteiger charge is -2.16. The SMILES string of the molecule is COc1cc(-c2cnc3c(n2)CCCC3)ccc1C(C)C. The summed E-state index contributed by atoms with van der Waals surface area (Å²) in [6.07, 6.45) is 6.47. The molecule has 1 aliphatic carbocycles. The van der Waals surface area contributed by atoms with Crippen LogP contribution in [-0.4, -0.2) is 17.1 Å². The summed E-state index contributed by atoms with van der Waals surface area (Å²) in [6, 6.07) is 6.34. The molecule has 110 valence electrons. The maximum absolute atomic E-state index is 5.53. The highest BCUT2D eigenvalue weighted by molar-refractivity contribution is 5.62. The quantitative estimate of drug-likeness (QED) is 0.848. The second-order valence-corrected chi connectivity index (χ2v) is 5.97. The highest BCUT2D eigenvalue weighted by Gasteiger charge is 2.14. The fourth-order valence-electron chi connectivity index (χ4n) is 2.93. The molecule has 0 saturated heterocycles. The summed E-state index contributed by atoms with van der Waals surface area (Å²) in [6.45, 7) is 4.35. The van der Waals surface area contributed by atoms with Crippen LogP contribution >= 0.6 is 0 Å². The fraction of sp³-hybridized carbons (Fsp3) is 0.444. The molecule has 0 N–H and O–H groups in total. The van der Waals surface area contributed by atoms with Crippen molar-refractivity contribution in [1.82, 2.24) is 9.97 Å². The van der Waals surface area contributed by atoms with Gasteiger partial charge in [0.25, 0.3) is 0 Å². The van der Waals surface area contributed by atoms with E-state index >= 15 is 0 Å². The van der Waals surface area contributed by atoms with Crippen molar-refractivity contribution in [2.45, 2.75) is 45.4 Å². The molecule has 1 aromatic carbocycles. The maximum atomic E-state index is 5.53. The number of hydrogen-bond acceptors (Lipinski definition) is 3. The predicted molar refractivity (Wildman–Crippen MR) is 84.8 cm³/mol. The molecule has 0 radical (unpaired) electrons. The Bertz CT molecular complexity index is 650. The van der Waals surface area contributed by atoms with Gasteiger partial charge in [0.05, 0.1) is 30.4 Å². The predicted octanol–water partition coefficient (Wildman–Crippen LogP) is 4.15. The zero-order valence-electron chi connectivity index (χ0n) is 13.0. The van der Waals surface area contributed by atoms with E-state index in [1.807, 2.05) is 6.20 Å². The van der Waals surface area contributed by atoms with E-state index < -0.39 is 0 Å². The van der Waals surface area contributed by atoms with Gasteiger partial charge >= 0.3 is 0 Å². The number of aryl methyl sites for hydroxylation is 2. The Kier molecular flexibility index (Phi) is 3.91. The first-order valence-corrected chi connectivity index (χ1v) is 7.72. The molecule has 3 nitrogen and oxygen atoms in total. The standard InChI is InChI=1S/C18H22N2O/c1-12(2)14-9-8-13(10-18(14)21-3)17-11-19-15-6-4-5-7-16(15)20-17/h8-12H,4-7H2,1-3H3. The molecule has 0 saturated carbocycles. The molecule has 3 rings (SSSR count). The van der Waals surface area contributed by atoms with Crippen molar-refractivity contribution in [3.8, 4) is 17.0 Å². The summed E-state index contributed by atoms with van der Waals surface area (Å²) in [5, 5.41) is 0. The molecule has 0 atom stereocenters. The van der Waals surface area contributed by atoms with Crippen LogP contribution in [0.4, 0.5) is 0 Å². The number of benzene rings is 1. The molecule has 0 bridgehead atoms. The Balaban J connectivity index is 2.00. The number of methoxy groups -OCH3 is 1. The van der Waals surface area contributed by atoms with Crippen LogP contribution in [0, 0.1) is 0 Å². The maximum Gasteiger partial charge on any atom is 0.122 e. The number of hydrogen-bond donors (Lipinski definition) is 0. The van der Waals surface area contributed by atoms with Crippen molar-refractivity contribution >= 4 is 0 Å². The highest BCUT2D eigenvalue weighted by Crippen LogP contribution is 2.31. The van der Waals surface area contributed by atoms with Gasteiger partial charge in [0.2, 0.25) is 0 Å². The van der Waals surface area contributed by atoms with E-state index in [1.165, 1.54) is 29.8 Å². The third-order valence-corrected chi connectivity index (χ3v) is 4.16. The molecule has 1 aromatic heterocycles. The van der Waals surface area contributed by atoms with Crippen molar-refractivity contribution in [3.63, 3.8) is 0 Å². The van der Waals surface area contributed by atoms with E-state index in [1.54, 1.807) is 7.11 Å². The first-order valence-electron chi connectivity index (χ1n) is 7.72. The molecule has 0 unspecified atom stereocenters. The minimum absolute atomic E-state index is 0.448. The van der Waals surface area contributed by atoms with Crippen LogP contribution in [0.1, 0.15) is 49.6 Å². The molecular formula is C18H22N2O. The molecule has 0 fully saturated rings. The third-order valence-electron chi connectivity index (χ3n) is 4.16. The van der Waals surface area contributed by atoms with Crippen LogP contribution in [0.15, 0.2) is 24.4 Å². The Morgan fingerprint density at radius 3 is 2.57 bits per heavy atom. The van der Waals surface area contributed by atoms with Gasteiger partial charge in [0, 0.05) is 5.56 Å². The summed E-state index contributed by atoms with van der Waals surface area (Å²) in [7, 11) is 1.73. The Morgan fingerprint density at radius 1 is 1.10 bits per heavy atom. The minimum atomic E-state index is 0.448. The average molecular weight is 282 g/mol. The van der Waals surface area contributed by atoms with Gasteiger partial charge in [0.1, 0.15) is 5.75 Å². The van der Waals surface area contributed by atoms with E-state index in [0.29, 0.717) is 5.92 Å². The lowest BCUT2D eigenvalue weighted by Crippen LogP contribution is -2.08. The van der Waals surface area contributed by atoms with Crippen molar-refractivity contribution in [3.05, 3.63) is 41.3 Å². The zero-order valence-corrected chi connectivity index (χ0v) is 13.0. The molecule has 0 aliphatic heterocycles. The lowest BCUT2D eigenvalue weighted by molar-refractivity contribution is 0.408. The van der Waals surface area contributed by atoms with Gasteiger partial charge in [-0.2, -0.15) is 0 Å². The van der Waals surface area contributed by atoms with Gasteiger partial charge < -0.3 is 4.74 Å². The molecule has 0 amide bonds. The monoisotopic (exact) mass is 282 g/mol. The number of aromatic nitrogens is 2. The topological polar surface area (TPSA) is 35.0 Å². The molecule has 2 aromatic rings. The smallest absolute Gasteiger partial charge is 0.122 e. The van der Waals surface area contributed by atoms with Crippen molar-refractivity contribution in [1.29, 1.82) is 0 Å². The molecule has 1 heterocycles. The summed E-state index contributed by atoms with van der Waals surface area (Å²) < 4.78 is 5.53. The summed E-state index contributed by atoms with van der Waals surface area (Å²) >= 11 is 0. The minimum Gasteiger partial charge on any atom is -0.496 e. The molecule has 0 spiro atoms. The first kappa shape index (κ1) is 14.1. The second-order valence-electron chi connectivity index (χ2n) is 5.97. The molecular weight excluding hydrogens is 260 g/mol.